The van der Waals surface area contributed by atoms with E-state index < -0.39 is 0 Å². The van der Waals surface area contributed by atoms with E-state index in [4.69, 9.17) is 9.26 Å². The molecule has 0 aliphatic rings. The smallest absolute Gasteiger partial charge is 0.246 e. The Balaban J connectivity index is 1.70. The first-order valence-corrected chi connectivity index (χ1v) is 7.47. The van der Waals surface area contributed by atoms with E-state index in [1.807, 2.05) is 0 Å². The lowest BCUT2D eigenvalue weighted by Gasteiger charge is -2.12. The number of carbonyl (C=O) groups excluding carboxylic acids is 1. The Hall–Kier alpha value is -3.43. The van der Waals surface area contributed by atoms with Crippen LogP contribution in [0.5, 0.6) is 5.75 Å². The van der Waals surface area contributed by atoms with E-state index in [-0.39, 0.29) is 12.5 Å². The van der Waals surface area contributed by atoms with Crippen molar-refractivity contribution in [1.82, 2.24) is 25.4 Å². The summed E-state index contributed by atoms with van der Waals surface area (Å²) in [5.74, 6) is 1.28. The summed E-state index contributed by atoms with van der Waals surface area (Å²) in [5, 5.41) is 20.8. The maximum Gasteiger partial charge on any atom is 0.246 e. The maximum absolute atomic E-state index is 12.0. The number of amides is 1. The fourth-order valence-electron chi connectivity index (χ4n) is 2.21. The molecule has 10 heteroatoms. The van der Waals surface area contributed by atoms with Crippen molar-refractivity contribution in [3.8, 4) is 11.4 Å². The number of benzene rings is 1. The lowest BCUT2D eigenvalue weighted by Crippen LogP contribution is -2.21. The van der Waals surface area contributed by atoms with Crippen molar-refractivity contribution in [1.29, 1.82) is 0 Å². The number of aromatic nitrogens is 5. The highest BCUT2D eigenvalue weighted by Crippen LogP contribution is 2.26. The number of methoxy groups -OCH3 is 1. The van der Waals surface area contributed by atoms with Gasteiger partial charge in [0.2, 0.25) is 11.8 Å². The van der Waals surface area contributed by atoms with Crippen molar-refractivity contribution in [3.05, 3.63) is 35.8 Å². The molecule has 0 aliphatic carbocycles. The van der Waals surface area contributed by atoms with Gasteiger partial charge in [-0.15, -0.1) is 5.10 Å². The number of tetrazole rings is 1. The molecule has 3 aromatic rings. The van der Waals surface area contributed by atoms with Crippen LogP contribution in [-0.4, -0.2) is 44.9 Å². The minimum absolute atomic E-state index is 0.0557. The molecular weight excluding hydrogens is 326 g/mol. The Kier molecular flexibility index (Phi) is 4.59. The van der Waals surface area contributed by atoms with Gasteiger partial charge in [-0.2, -0.15) is 4.68 Å². The summed E-state index contributed by atoms with van der Waals surface area (Å²) in [7, 11) is 1.57. The Morgan fingerprint density at radius 3 is 2.80 bits per heavy atom. The lowest BCUT2D eigenvalue weighted by atomic mass is 10.2. The maximum atomic E-state index is 12.0. The van der Waals surface area contributed by atoms with Gasteiger partial charge >= 0.3 is 0 Å². The zero-order valence-corrected chi connectivity index (χ0v) is 14.0. The van der Waals surface area contributed by atoms with Gasteiger partial charge in [-0.3, -0.25) is 10.1 Å². The van der Waals surface area contributed by atoms with E-state index in [0.29, 0.717) is 28.8 Å². The van der Waals surface area contributed by atoms with Crippen LogP contribution in [0.2, 0.25) is 0 Å². The third-order valence-corrected chi connectivity index (χ3v) is 3.38. The molecule has 25 heavy (non-hydrogen) atoms. The number of nitrogens with zero attached hydrogens (tertiary/aromatic N) is 5. The van der Waals surface area contributed by atoms with Crippen molar-refractivity contribution < 1.29 is 14.1 Å². The SMILES string of the molecule is COc1ccc(NCC(=O)Nc2cc(C)no2)cc1-n1nnnc1C. The highest BCUT2D eigenvalue weighted by atomic mass is 16.5. The number of anilines is 2. The summed E-state index contributed by atoms with van der Waals surface area (Å²) >= 11 is 0. The van der Waals surface area contributed by atoms with Gasteiger partial charge in [-0.05, 0) is 42.5 Å². The molecule has 3 rings (SSSR count). The normalized spacial score (nSPS) is 10.5. The van der Waals surface area contributed by atoms with E-state index in [1.54, 1.807) is 49.9 Å². The van der Waals surface area contributed by atoms with Crippen LogP contribution in [0.1, 0.15) is 11.5 Å². The zero-order chi connectivity index (χ0) is 17.8. The Bertz CT molecular complexity index is 887. The van der Waals surface area contributed by atoms with Crippen molar-refractivity contribution in [3.63, 3.8) is 0 Å². The highest BCUT2D eigenvalue weighted by molar-refractivity contribution is 5.92. The molecule has 2 N–H and O–H groups in total. The first-order valence-electron chi connectivity index (χ1n) is 7.47. The van der Waals surface area contributed by atoms with E-state index in [9.17, 15) is 4.79 Å². The fraction of sp³-hybridized carbons (Fsp3) is 0.267. The lowest BCUT2D eigenvalue weighted by molar-refractivity contribution is -0.114. The highest BCUT2D eigenvalue weighted by Gasteiger charge is 2.12. The van der Waals surface area contributed by atoms with Crippen molar-refractivity contribution in [2.75, 3.05) is 24.3 Å². The topological polar surface area (TPSA) is 120 Å². The van der Waals surface area contributed by atoms with Gasteiger partial charge in [-0.1, -0.05) is 5.16 Å². The van der Waals surface area contributed by atoms with E-state index >= 15 is 0 Å². The van der Waals surface area contributed by atoms with Crippen LogP contribution in [0.25, 0.3) is 5.69 Å². The summed E-state index contributed by atoms with van der Waals surface area (Å²) < 4.78 is 11.8. The monoisotopic (exact) mass is 343 g/mol. The molecule has 0 spiro atoms. The van der Waals surface area contributed by atoms with Gasteiger partial charge < -0.3 is 14.6 Å². The average molecular weight is 343 g/mol. The van der Waals surface area contributed by atoms with E-state index in [1.165, 1.54) is 0 Å². The quantitative estimate of drug-likeness (QED) is 0.688. The largest absolute Gasteiger partial charge is 0.494 e. The summed E-state index contributed by atoms with van der Waals surface area (Å²) in [6.45, 7) is 3.61. The molecule has 10 nitrogen and oxygen atoms in total. The van der Waals surface area contributed by atoms with Crippen molar-refractivity contribution in [2.24, 2.45) is 0 Å². The number of aryl methyl sites for hydroxylation is 2. The average Bonchev–Trinajstić information content (AvgIpc) is 3.21. The zero-order valence-electron chi connectivity index (χ0n) is 14.0. The third-order valence-electron chi connectivity index (χ3n) is 3.38. The number of ether oxygens (including phenoxy) is 1. The summed E-state index contributed by atoms with van der Waals surface area (Å²) in [6, 6.07) is 7.02. The van der Waals surface area contributed by atoms with Gasteiger partial charge in [0, 0.05) is 11.8 Å². The van der Waals surface area contributed by atoms with Crippen LogP contribution in [0.15, 0.2) is 28.8 Å². The first kappa shape index (κ1) is 16.4. The second kappa shape index (κ2) is 6.99. The Labute approximate surface area is 143 Å². The standard InChI is InChI=1S/C15H17N7O3/c1-9-6-15(25-19-9)17-14(23)8-16-11-4-5-13(24-3)12(7-11)22-10(2)18-20-21-22/h4-7,16H,8H2,1-3H3,(H,17,23). The number of nitrogens with one attached hydrogen (secondary N) is 2. The molecule has 0 saturated carbocycles. The summed E-state index contributed by atoms with van der Waals surface area (Å²) in [4.78, 5) is 12.0. The van der Waals surface area contributed by atoms with Crippen molar-refractivity contribution >= 4 is 17.5 Å². The summed E-state index contributed by atoms with van der Waals surface area (Å²) in [6.07, 6.45) is 0. The van der Waals surface area contributed by atoms with E-state index in [2.05, 4.69) is 31.3 Å². The minimum Gasteiger partial charge on any atom is -0.494 e. The number of rotatable bonds is 6. The van der Waals surface area contributed by atoms with Crippen LogP contribution in [0, 0.1) is 13.8 Å². The molecule has 0 fully saturated rings. The molecule has 130 valence electrons. The van der Waals surface area contributed by atoms with Crippen LogP contribution in [-0.2, 0) is 4.79 Å². The van der Waals surface area contributed by atoms with Gasteiger partial charge in [0.25, 0.3) is 0 Å². The number of carbonyl (C=O) groups is 1. The molecule has 0 radical (unpaired) electrons. The number of hydrogen-bond acceptors (Lipinski definition) is 8. The molecule has 0 saturated heterocycles. The molecule has 1 amide bonds. The molecular formula is C15H17N7O3. The van der Waals surface area contributed by atoms with Crippen LogP contribution in [0.4, 0.5) is 11.6 Å². The predicted octanol–water partition coefficient (Wildman–Crippen LogP) is 1.33. The van der Waals surface area contributed by atoms with Gasteiger partial charge in [0.15, 0.2) is 5.82 Å². The Morgan fingerprint density at radius 1 is 1.32 bits per heavy atom. The predicted molar refractivity (Wildman–Crippen MR) is 88.8 cm³/mol. The van der Waals surface area contributed by atoms with Gasteiger partial charge in [0.05, 0.1) is 19.3 Å². The van der Waals surface area contributed by atoms with Crippen LogP contribution < -0.4 is 15.4 Å². The molecule has 1 aromatic carbocycles. The summed E-state index contributed by atoms with van der Waals surface area (Å²) in [5.41, 5.74) is 2.08. The second-order valence-electron chi connectivity index (χ2n) is 5.26. The van der Waals surface area contributed by atoms with Crippen LogP contribution in [0.3, 0.4) is 0 Å². The molecule has 0 unspecified atom stereocenters. The van der Waals surface area contributed by atoms with Crippen LogP contribution >= 0.6 is 0 Å². The molecule has 0 aliphatic heterocycles. The third kappa shape index (κ3) is 3.74. The molecule has 2 aromatic heterocycles. The molecule has 0 bridgehead atoms. The van der Waals surface area contributed by atoms with E-state index in [0.717, 1.165) is 5.69 Å². The fourth-order valence-corrected chi connectivity index (χ4v) is 2.21. The van der Waals surface area contributed by atoms with Gasteiger partial charge in [0.1, 0.15) is 11.4 Å². The van der Waals surface area contributed by atoms with Gasteiger partial charge in [-0.25, -0.2) is 0 Å². The molecule has 2 heterocycles. The van der Waals surface area contributed by atoms with Crippen molar-refractivity contribution in [2.45, 2.75) is 13.8 Å². The minimum atomic E-state index is -0.257. The Morgan fingerprint density at radius 2 is 2.16 bits per heavy atom. The second-order valence-corrected chi connectivity index (χ2v) is 5.26. The first-order chi connectivity index (χ1) is 12.1. The number of hydrogen-bond donors (Lipinski definition) is 2. The molecule has 0 atom stereocenters.